The van der Waals surface area contributed by atoms with Gasteiger partial charge in [-0.1, -0.05) is 13.1 Å². The lowest BCUT2D eigenvalue weighted by Crippen LogP contribution is -2.47. The zero-order valence-corrected chi connectivity index (χ0v) is 10.6. The Balaban J connectivity index is 2.65. The fraction of sp³-hybridized carbons (Fsp3) is 0.750. The Morgan fingerprint density at radius 2 is 1.77 bits per heavy atom. The van der Waals surface area contributed by atoms with Gasteiger partial charge in [0.15, 0.2) is 0 Å². The number of nitrogens with zero attached hydrogens (tertiary/aromatic N) is 1. The molecule has 0 radical (unpaired) electrons. The smallest absolute Gasteiger partial charge is 0.228 e. The molecule has 1 rings (SSSR count). The van der Waals surface area contributed by atoms with Crippen LogP contribution in [0.25, 0.3) is 0 Å². The summed E-state index contributed by atoms with van der Waals surface area (Å²) in [6, 6.07) is 0. The number of halogens is 1. The van der Waals surface area contributed by atoms with E-state index < -0.39 is 6.69 Å². The van der Waals surface area contributed by atoms with Crippen molar-refractivity contribution >= 4 is 33.8 Å². The fourth-order valence-corrected chi connectivity index (χ4v) is 3.21. The second kappa shape index (κ2) is 3.92. The Morgan fingerprint density at radius 3 is 2.15 bits per heavy atom. The number of likely N-dealkylation sites (tertiary alicyclic amines) is 1. The molecule has 1 aliphatic rings. The predicted octanol–water partition coefficient (Wildman–Crippen LogP) is 1.66. The quantitative estimate of drug-likeness (QED) is 0.432. The van der Waals surface area contributed by atoms with Crippen molar-refractivity contribution in [3.8, 4) is 0 Å². The molecule has 0 spiro atoms. The highest BCUT2D eigenvalue weighted by atomic mass is 79.9. The third-order valence-electron chi connectivity index (χ3n) is 1.92. The normalized spacial score (nSPS) is 19.5. The average Bonchev–Trinajstić information content (AvgIpc) is 1.95. The van der Waals surface area contributed by atoms with Crippen molar-refractivity contribution in [2.24, 2.45) is 0 Å². The van der Waals surface area contributed by atoms with Gasteiger partial charge in [-0.3, -0.25) is 14.5 Å². The van der Waals surface area contributed by atoms with Crippen molar-refractivity contribution in [2.75, 3.05) is 6.17 Å². The Morgan fingerprint density at radius 1 is 1.31 bits per heavy atom. The number of amides is 2. The second-order valence-corrected chi connectivity index (χ2v) is 14.1. The van der Waals surface area contributed by atoms with Crippen LogP contribution in [0.2, 0.25) is 13.1 Å². The van der Waals surface area contributed by atoms with E-state index in [0.717, 1.165) is 6.42 Å². The maximum absolute atomic E-state index is 11.4. The number of hydrogen-bond donors (Lipinski definition) is 0. The Hall–Kier alpha value is -0.163. The fourth-order valence-electron chi connectivity index (χ4n) is 1.35. The summed E-state index contributed by atoms with van der Waals surface area (Å²) < 4.78 is 0. The van der Waals surface area contributed by atoms with Crippen LogP contribution in [0.4, 0.5) is 0 Å². The van der Waals surface area contributed by atoms with Crippen LogP contribution in [-0.4, -0.2) is 29.6 Å². The molecule has 0 N–H and O–H groups in total. The van der Waals surface area contributed by atoms with Gasteiger partial charge >= 0.3 is 0 Å². The molecule has 0 atom stereocenters. The summed E-state index contributed by atoms with van der Waals surface area (Å²) >= 11 is 3.56. The standard InChI is InChI=1S/C8H14BrNO2Si/c1-13(2,9)6-10-7(11)4-3-5-8(10)12/h3-6H2,1-2H3. The first kappa shape index (κ1) is 10.9. The molecule has 0 aliphatic carbocycles. The van der Waals surface area contributed by atoms with Gasteiger partial charge in [-0.15, -0.1) is 15.3 Å². The zero-order valence-electron chi connectivity index (χ0n) is 7.97. The van der Waals surface area contributed by atoms with Gasteiger partial charge in [-0.05, 0) is 6.42 Å². The minimum atomic E-state index is -1.53. The highest BCUT2D eigenvalue weighted by Crippen LogP contribution is 2.18. The molecule has 2 amide bonds. The van der Waals surface area contributed by atoms with Gasteiger partial charge in [-0.25, -0.2) is 0 Å². The van der Waals surface area contributed by atoms with Gasteiger partial charge in [0.05, 0.1) is 0 Å². The molecule has 1 heterocycles. The van der Waals surface area contributed by atoms with Crippen LogP contribution in [0, 0.1) is 0 Å². The first-order chi connectivity index (χ1) is 5.90. The van der Waals surface area contributed by atoms with E-state index in [-0.39, 0.29) is 11.8 Å². The van der Waals surface area contributed by atoms with E-state index >= 15 is 0 Å². The van der Waals surface area contributed by atoms with Gasteiger partial charge in [0, 0.05) is 19.0 Å². The van der Waals surface area contributed by atoms with Gasteiger partial charge in [0.25, 0.3) is 0 Å². The molecule has 0 saturated carbocycles. The Bertz CT molecular complexity index is 221. The first-order valence-corrected chi connectivity index (χ1v) is 9.89. The van der Waals surface area contributed by atoms with Gasteiger partial charge in [0.1, 0.15) is 6.69 Å². The van der Waals surface area contributed by atoms with E-state index in [4.69, 9.17) is 0 Å². The predicted molar refractivity (Wildman–Crippen MR) is 57.0 cm³/mol. The molecule has 0 aromatic carbocycles. The number of carbonyl (C=O) groups is 2. The van der Waals surface area contributed by atoms with Crippen molar-refractivity contribution in [1.29, 1.82) is 0 Å². The molecular formula is C8H14BrNO2Si. The van der Waals surface area contributed by atoms with Crippen LogP contribution >= 0.6 is 15.3 Å². The van der Waals surface area contributed by atoms with Gasteiger partial charge < -0.3 is 0 Å². The molecule has 3 nitrogen and oxygen atoms in total. The molecule has 0 aromatic heterocycles. The van der Waals surface area contributed by atoms with Crippen LogP contribution < -0.4 is 0 Å². The SMILES string of the molecule is C[Si](C)(Br)CN1C(=O)CCCC1=O. The maximum atomic E-state index is 11.4. The largest absolute Gasteiger partial charge is 0.285 e. The van der Waals surface area contributed by atoms with Crippen molar-refractivity contribution in [3.63, 3.8) is 0 Å². The number of carbonyl (C=O) groups excluding carboxylic acids is 2. The van der Waals surface area contributed by atoms with Crippen LogP contribution in [-0.2, 0) is 9.59 Å². The molecule has 0 aromatic rings. The third kappa shape index (κ3) is 3.23. The van der Waals surface area contributed by atoms with Crippen molar-refractivity contribution in [3.05, 3.63) is 0 Å². The van der Waals surface area contributed by atoms with Crippen molar-refractivity contribution in [2.45, 2.75) is 32.4 Å². The number of hydrogen-bond acceptors (Lipinski definition) is 2. The van der Waals surface area contributed by atoms with E-state index in [1.807, 2.05) is 0 Å². The molecule has 1 saturated heterocycles. The van der Waals surface area contributed by atoms with E-state index in [1.165, 1.54) is 4.90 Å². The molecule has 5 heteroatoms. The average molecular weight is 264 g/mol. The lowest BCUT2D eigenvalue weighted by Gasteiger charge is -2.28. The minimum absolute atomic E-state index is 0.00345. The monoisotopic (exact) mass is 263 g/mol. The zero-order chi connectivity index (χ0) is 10.1. The summed E-state index contributed by atoms with van der Waals surface area (Å²) in [5, 5.41) is 0. The molecule has 1 aliphatic heterocycles. The number of rotatable bonds is 2. The summed E-state index contributed by atoms with van der Waals surface area (Å²) in [5.41, 5.74) is 0. The van der Waals surface area contributed by atoms with E-state index in [2.05, 4.69) is 28.4 Å². The lowest BCUT2D eigenvalue weighted by atomic mass is 10.1. The van der Waals surface area contributed by atoms with Crippen molar-refractivity contribution < 1.29 is 9.59 Å². The first-order valence-electron chi connectivity index (χ1n) is 4.42. The summed E-state index contributed by atoms with van der Waals surface area (Å²) in [6.07, 6.45) is 2.38. The summed E-state index contributed by atoms with van der Waals surface area (Å²) in [6.45, 7) is 2.64. The highest BCUT2D eigenvalue weighted by Gasteiger charge is 2.31. The van der Waals surface area contributed by atoms with Crippen LogP contribution in [0.3, 0.4) is 0 Å². The van der Waals surface area contributed by atoms with Crippen molar-refractivity contribution in [1.82, 2.24) is 4.90 Å². The topological polar surface area (TPSA) is 37.4 Å². The molecule has 13 heavy (non-hydrogen) atoms. The Kier molecular flexibility index (Phi) is 3.29. The molecular weight excluding hydrogens is 250 g/mol. The lowest BCUT2D eigenvalue weighted by molar-refractivity contribution is -0.146. The second-order valence-electron chi connectivity index (χ2n) is 3.95. The summed E-state index contributed by atoms with van der Waals surface area (Å²) in [7, 11) is 0. The number of imide groups is 1. The van der Waals surface area contributed by atoms with Crippen LogP contribution in [0.1, 0.15) is 19.3 Å². The van der Waals surface area contributed by atoms with E-state index in [1.54, 1.807) is 0 Å². The molecule has 0 unspecified atom stereocenters. The van der Waals surface area contributed by atoms with E-state index in [0.29, 0.717) is 19.0 Å². The molecule has 74 valence electrons. The summed E-state index contributed by atoms with van der Waals surface area (Å²) in [5.74, 6) is -0.00690. The minimum Gasteiger partial charge on any atom is -0.285 e. The van der Waals surface area contributed by atoms with Gasteiger partial charge in [0.2, 0.25) is 11.8 Å². The highest BCUT2D eigenvalue weighted by molar-refractivity contribution is 9.26. The van der Waals surface area contributed by atoms with Crippen LogP contribution in [0.5, 0.6) is 0 Å². The van der Waals surface area contributed by atoms with Crippen LogP contribution in [0.15, 0.2) is 0 Å². The number of piperidine rings is 1. The maximum Gasteiger partial charge on any atom is 0.228 e. The summed E-state index contributed by atoms with van der Waals surface area (Å²) in [4.78, 5) is 24.2. The molecule has 1 fully saturated rings. The Labute approximate surface area is 87.1 Å². The van der Waals surface area contributed by atoms with E-state index in [9.17, 15) is 9.59 Å². The molecule has 0 bridgehead atoms. The third-order valence-corrected chi connectivity index (χ3v) is 3.74. The van der Waals surface area contributed by atoms with Gasteiger partial charge in [-0.2, -0.15) is 0 Å².